The molecule has 3 aromatic rings. The first-order valence-corrected chi connectivity index (χ1v) is 17.6. The van der Waals surface area contributed by atoms with E-state index in [4.69, 9.17) is 37.8 Å². The van der Waals surface area contributed by atoms with Gasteiger partial charge in [0.1, 0.15) is 0 Å². The number of esters is 1. The second kappa shape index (κ2) is 10.1. The molecule has 0 radical (unpaired) electrons. The number of aliphatic carboxylic acids is 1. The highest BCUT2D eigenvalue weighted by molar-refractivity contribution is 7.29. The molecule has 232 valence electrons. The Labute approximate surface area is 271 Å². The number of rotatable bonds is 9. The quantitative estimate of drug-likeness (QED) is 0.196. The predicted molar refractivity (Wildman–Crippen MR) is 168 cm³/mol. The van der Waals surface area contributed by atoms with Crippen molar-refractivity contribution in [1.82, 2.24) is 4.90 Å². The summed E-state index contributed by atoms with van der Waals surface area (Å²) in [7, 11) is 0. The van der Waals surface area contributed by atoms with Crippen molar-refractivity contribution in [3.05, 3.63) is 43.1 Å². The van der Waals surface area contributed by atoms with Crippen molar-refractivity contribution in [2.75, 3.05) is 6.54 Å². The van der Waals surface area contributed by atoms with Gasteiger partial charge in [-0.15, -0.1) is 22.7 Å². The summed E-state index contributed by atoms with van der Waals surface area (Å²) in [5, 5.41) is 22.5. The number of carbonyl (C=O) groups is 3. The SMILES string of the molecule is C[C@H]1N(CC2CC2)C2CC34c5c2ccc(OC(=O)CCc2sc6c(Cl)c(CCC(=O)O)sc6c2Cl)c5O[C@H]3C(=O)CC[C@@]14O. The summed E-state index contributed by atoms with van der Waals surface area (Å²) in [5.74, 6) is 0.0162. The van der Waals surface area contributed by atoms with Crippen LogP contribution in [0.4, 0.5) is 0 Å². The summed E-state index contributed by atoms with van der Waals surface area (Å²) >= 11 is 16.0. The van der Waals surface area contributed by atoms with E-state index < -0.39 is 29.1 Å². The molecule has 2 bridgehead atoms. The maximum atomic E-state index is 13.3. The Hall–Kier alpha value is -2.21. The third-order valence-corrected chi connectivity index (χ3v) is 14.6. The van der Waals surface area contributed by atoms with Gasteiger partial charge in [0.15, 0.2) is 23.4 Å². The summed E-state index contributed by atoms with van der Waals surface area (Å²) < 4.78 is 13.9. The van der Waals surface area contributed by atoms with Crippen LogP contribution in [-0.2, 0) is 32.6 Å². The molecule has 2 aliphatic heterocycles. The fraction of sp³-hybridized carbons (Fsp3) is 0.531. The molecule has 3 fully saturated rings. The highest BCUT2D eigenvalue weighted by atomic mass is 35.5. The Morgan fingerprint density at radius 1 is 1.11 bits per heavy atom. The number of ketones is 1. The third-order valence-electron chi connectivity index (χ3n) is 10.6. The standard InChI is InChI=1S/C32H31Cl2NO7S2/c1-14-32(40)11-10-18(36)30-31(32)12-17(35(14)13-15-2-3-15)16-4-5-19(27(42-30)24(16)31)41-23(39)9-7-21-26(34)29-28(44-21)25(33)20(43-29)6-8-22(37)38/h4-5,14-15,17,30,40H,2-3,6-13H2,1H3,(H,37,38)/t14-,17?,30+,31?,32-/m1/s1. The van der Waals surface area contributed by atoms with E-state index in [1.165, 1.54) is 35.5 Å². The zero-order valence-electron chi connectivity index (χ0n) is 24.0. The van der Waals surface area contributed by atoms with Gasteiger partial charge in [0.25, 0.3) is 0 Å². The second-order valence-electron chi connectivity index (χ2n) is 13.0. The van der Waals surface area contributed by atoms with E-state index in [1.807, 2.05) is 6.07 Å². The lowest BCUT2D eigenvalue weighted by atomic mass is 9.55. The number of halogens is 2. The lowest BCUT2D eigenvalue weighted by Crippen LogP contribution is -2.72. The number of benzene rings is 1. The number of aryl methyl sites for hydroxylation is 2. The topological polar surface area (TPSA) is 113 Å². The van der Waals surface area contributed by atoms with Gasteiger partial charge in [0.05, 0.1) is 43.3 Å². The summed E-state index contributed by atoms with van der Waals surface area (Å²) in [4.78, 5) is 41.5. The van der Waals surface area contributed by atoms with Crippen LogP contribution >= 0.6 is 45.9 Å². The maximum Gasteiger partial charge on any atom is 0.311 e. The molecule has 0 amide bonds. The molecule has 3 aliphatic carbocycles. The van der Waals surface area contributed by atoms with Crippen LogP contribution in [0.5, 0.6) is 11.5 Å². The first-order valence-electron chi connectivity index (χ1n) is 15.2. The third kappa shape index (κ3) is 4.04. The zero-order valence-corrected chi connectivity index (χ0v) is 27.1. The molecule has 44 heavy (non-hydrogen) atoms. The van der Waals surface area contributed by atoms with Gasteiger partial charge < -0.3 is 19.7 Å². The smallest absolute Gasteiger partial charge is 0.311 e. The van der Waals surface area contributed by atoms with Gasteiger partial charge in [-0.25, -0.2) is 0 Å². The number of nitrogens with zero attached hydrogens (tertiary/aromatic N) is 1. The highest BCUT2D eigenvalue weighted by Crippen LogP contribution is 2.70. The van der Waals surface area contributed by atoms with Crippen molar-refractivity contribution in [2.24, 2.45) is 5.92 Å². The van der Waals surface area contributed by atoms with E-state index in [0.29, 0.717) is 47.4 Å². The molecule has 8 nitrogen and oxygen atoms in total. The monoisotopic (exact) mass is 675 g/mol. The van der Waals surface area contributed by atoms with Crippen LogP contribution in [-0.4, -0.2) is 57.1 Å². The molecule has 1 aromatic carbocycles. The molecule has 2 saturated carbocycles. The summed E-state index contributed by atoms with van der Waals surface area (Å²) in [5.41, 5.74) is -0.0229. The number of thiophene rings is 2. The minimum atomic E-state index is -1.12. The Kier molecular flexibility index (Phi) is 6.73. The van der Waals surface area contributed by atoms with Crippen LogP contribution in [0.1, 0.15) is 78.8 Å². The summed E-state index contributed by atoms with van der Waals surface area (Å²) in [6.45, 7) is 3.03. The summed E-state index contributed by atoms with van der Waals surface area (Å²) in [6, 6.07) is 3.74. The lowest BCUT2D eigenvalue weighted by Gasteiger charge is -2.58. The highest BCUT2D eigenvalue weighted by Gasteiger charge is 2.75. The van der Waals surface area contributed by atoms with E-state index in [2.05, 4.69) is 11.8 Å². The van der Waals surface area contributed by atoms with E-state index in [9.17, 15) is 19.5 Å². The lowest BCUT2D eigenvalue weighted by molar-refractivity contribution is -0.186. The molecule has 2 aromatic heterocycles. The van der Waals surface area contributed by atoms with Crippen LogP contribution in [0.25, 0.3) is 9.40 Å². The average molecular weight is 677 g/mol. The van der Waals surface area contributed by atoms with E-state index >= 15 is 0 Å². The molecular formula is C32H31Cl2NO7S2. The van der Waals surface area contributed by atoms with Gasteiger partial charge in [0.2, 0.25) is 0 Å². The number of Topliss-reactive ketones (excluding diaryl/α,β-unsaturated/α-hetero) is 1. The molecule has 2 unspecified atom stereocenters. The second-order valence-corrected chi connectivity index (χ2v) is 15.9. The number of carboxylic acid groups (broad SMARTS) is 1. The number of ether oxygens (including phenoxy) is 2. The normalized spacial score (nSPS) is 30.1. The molecule has 5 aliphatic rings. The number of fused-ring (bicyclic) bond motifs is 3. The zero-order chi connectivity index (χ0) is 30.7. The van der Waals surface area contributed by atoms with Gasteiger partial charge in [-0.05, 0) is 63.0 Å². The molecule has 1 spiro atoms. The summed E-state index contributed by atoms with van der Waals surface area (Å²) in [6.07, 6.45) is 3.69. The van der Waals surface area contributed by atoms with E-state index in [-0.39, 0.29) is 42.9 Å². The molecule has 1 saturated heterocycles. The Balaban J connectivity index is 1.05. The number of carboxylic acids is 1. The first-order chi connectivity index (χ1) is 21.0. The van der Waals surface area contributed by atoms with Gasteiger partial charge in [0, 0.05) is 40.4 Å². The maximum absolute atomic E-state index is 13.3. The van der Waals surface area contributed by atoms with Gasteiger partial charge >= 0.3 is 11.9 Å². The number of hydrogen-bond donors (Lipinski definition) is 2. The van der Waals surface area contributed by atoms with Gasteiger partial charge in [-0.2, -0.15) is 0 Å². The number of piperidine rings is 1. The Morgan fingerprint density at radius 3 is 2.45 bits per heavy atom. The molecule has 4 heterocycles. The largest absolute Gasteiger partial charge is 0.481 e. The molecular weight excluding hydrogens is 645 g/mol. The van der Waals surface area contributed by atoms with Crippen molar-refractivity contribution < 1.29 is 34.1 Å². The average Bonchev–Trinajstić information content (AvgIpc) is 3.40. The fourth-order valence-corrected chi connectivity index (χ4v) is 11.8. The van der Waals surface area contributed by atoms with E-state index in [1.54, 1.807) is 6.07 Å². The minimum absolute atomic E-state index is 0.00493. The molecule has 8 rings (SSSR count). The fourth-order valence-electron chi connectivity index (χ4n) is 8.32. The Bertz CT molecular complexity index is 1760. The van der Waals surface area contributed by atoms with Gasteiger partial charge in [-0.1, -0.05) is 29.3 Å². The first kappa shape index (κ1) is 29.2. The number of aliphatic hydroxyl groups is 1. The number of carbonyl (C=O) groups excluding carboxylic acids is 2. The minimum Gasteiger partial charge on any atom is -0.481 e. The van der Waals surface area contributed by atoms with Crippen LogP contribution in [0.2, 0.25) is 10.0 Å². The molecule has 2 N–H and O–H groups in total. The number of likely N-dealkylation sites (tertiary alicyclic amines) is 1. The van der Waals surface area contributed by atoms with Crippen molar-refractivity contribution in [1.29, 1.82) is 0 Å². The van der Waals surface area contributed by atoms with Crippen molar-refractivity contribution in [3.63, 3.8) is 0 Å². The van der Waals surface area contributed by atoms with Crippen molar-refractivity contribution in [2.45, 2.75) is 93.9 Å². The van der Waals surface area contributed by atoms with Crippen LogP contribution in [0.3, 0.4) is 0 Å². The van der Waals surface area contributed by atoms with Crippen LogP contribution in [0.15, 0.2) is 12.1 Å². The van der Waals surface area contributed by atoms with Crippen molar-refractivity contribution in [3.8, 4) is 11.5 Å². The van der Waals surface area contributed by atoms with Crippen LogP contribution in [0, 0.1) is 5.92 Å². The van der Waals surface area contributed by atoms with E-state index in [0.717, 1.165) is 36.8 Å². The molecule has 5 atom stereocenters. The Morgan fingerprint density at radius 2 is 1.80 bits per heavy atom. The van der Waals surface area contributed by atoms with Gasteiger partial charge in [-0.3, -0.25) is 19.3 Å². The number of hydrogen-bond acceptors (Lipinski definition) is 9. The molecule has 12 heteroatoms. The predicted octanol–water partition coefficient (Wildman–Crippen LogP) is 6.48. The van der Waals surface area contributed by atoms with Crippen LogP contribution < -0.4 is 9.47 Å². The van der Waals surface area contributed by atoms with Crippen molar-refractivity contribution >= 4 is 73.0 Å².